The molecule has 3 N–H and O–H groups in total. The summed E-state index contributed by atoms with van der Waals surface area (Å²) in [5.74, 6) is 0.0765. The van der Waals surface area contributed by atoms with Gasteiger partial charge in [-0.25, -0.2) is 4.98 Å². The first-order valence-electron chi connectivity index (χ1n) is 14.0. The highest BCUT2D eigenvalue weighted by molar-refractivity contribution is 6.06. The maximum Gasteiger partial charge on any atom is 0.293 e. The molecule has 0 saturated carbocycles. The number of nitrogens with one attached hydrogen (secondary N) is 2. The molecule has 4 aromatic rings. The summed E-state index contributed by atoms with van der Waals surface area (Å²) in [5, 5.41) is 15.4. The average Bonchev–Trinajstić information content (AvgIpc) is 2.96. The highest BCUT2D eigenvalue weighted by Gasteiger charge is 2.16. The zero-order valence-electron chi connectivity index (χ0n) is 24.3. The van der Waals surface area contributed by atoms with Crippen LogP contribution in [-0.4, -0.2) is 45.7 Å². The van der Waals surface area contributed by atoms with E-state index in [0.717, 1.165) is 47.2 Å². The van der Waals surface area contributed by atoms with Gasteiger partial charge in [0.25, 0.3) is 11.5 Å². The molecule has 3 aromatic carbocycles. The summed E-state index contributed by atoms with van der Waals surface area (Å²) in [5.41, 5.74) is 6.33. The molecule has 214 valence electrons. The number of amides is 1. The van der Waals surface area contributed by atoms with E-state index in [1.807, 2.05) is 85.6 Å². The third-order valence-corrected chi connectivity index (χ3v) is 7.14. The molecule has 0 saturated heterocycles. The second-order valence-electron chi connectivity index (χ2n) is 10.4. The van der Waals surface area contributed by atoms with E-state index in [1.54, 1.807) is 13.2 Å². The van der Waals surface area contributed by atoms with Gasteiger partial charge < -0.3 is 20.3 Å². The number of carbonyl (C=O) groups excluding carboxylic acids is 1. The first-order chi connectivity index (χ1) is 19.8. The number of rotatable bonds is 12. The number of aromatic nitrogens is 2. The van der Waals surface area contributed by atoms with Gasteiger partial charge in [-0.1, -0.05) is 55.8 Å². The number of hydrogen-bond acceptors (Lipinski definition) is 6. The van der Waals surface area contributed by atoms with Gasteiger partial charge in [-0.2, -0.15) is 0 Å². The Bertz CT molecular complexity index is 1550. The zero-order valence-corrected chi connectivity index (χ0v) is 24.3. The third-order valence-electron chi connectivity index (χ3n) is 7.14. The van der Waals surface area contributed by atoms with E-state index < -0.39 is 0 Å². The zero-order chi connectivity index (χ0) is 29.4. The lowest BCUT2D eigenvalue weighted by Gasteiger charge is -2.16. The van der Waals surface area contributed by atoms with E-state index in [4.69, 9.17) is 5.11 Å². The predicted molar refractivity (Wildman–Crippen MR) is 166 cm³/mol. The number of unbranched alkanes of at least 4 members (excludes halogenated alkanes) is 1. The number of benzene rings is 3. The minimum atomic E-state index is -0.244. The molecule has 0 unspecified atom stereocenters. The fourth-order valence-electron chi connectivity index (χ4n) is 4.77. The van der Waals surface area contributed by atoms with Gasteiger partial charge in [0.15, 0.2) is 5.82 Å². The van der Waals surface area contributed by atoms with Crippen molar-refractivity contribution < 1.29 is 9.90 Å². The number of anilines is 3. The molecule has 0 atom stereocenters. The van der Waals surface area contributed by atoms with E-state index in [0.29, 0.717) is 30.0 Å². The van der Waals surface area contributed by atoms with Crippen LogP contribution in [0.1, 0.15) is 46.8 Å². The van der Waals surface area contributed by atoms with Gasteiger partial charge in [0.05, 0.1) is 12.3 Å². The number of likely N-dealkylation sites (N-methyl/N-ethyl adjacent to an activating group) is 1. The van der Waals surface area contributed by atoms with Crippen molar-refractivity contribution in [3.8, 4) is 11.3 Å². The third kappa shape index (κ3) is 7.48. The number of aliphatic hydroxyl groups is 1. The fraction of sp³-hybridized carbons (Fsp3) is 0.303. The molecule has 8 nitrogen and oxygen atoms in total. The molecule has 1 aromatic heterocycles. The molecule has 0 fully saturated rings. The fourth-order valence-corrected chi connectivity index (χ4v) is 4.77. The van der Waals surface area contributed by atoms with E-state index in [1.165, 1.54) is 4.57 Å². The monoisotopic (exact) mass is 553 g/mol. The molecule has 0 spiro atoms. The van der Waals surface area contributed by atoms with Crippen LogP contribution in [-0.2, 0) is 20.0 Å². The molecule has 0 aliphatic rings. The van der Waals surface area contributed by atoms with Gasteiger partial charge in [-0.15, -0.1) is 0 Å². The lowest BCUT2D eigenvalue weighted by molar-refractivity contribution is 0.102. The Balaban J connectivity index is 1.57. The normalized spacial score (nSPS) is 11.1. The van der Waals surface area contributed by atoms with Gasteiger partial charge in [-0.05, 0) is 67.8 Å². The number of aliphatic hydroxyl groups excluding tert-OH is 1. The van der Waals surface area contributed by atoms with Crippen LogP contribution in [0.5, 0.6) is 0 Å². The molecule has 0 aliphatic carbocycles. The Morgan fingerprint density at radius 1 is 1.05 bits per heavy atom. The van der Waals surface area contributed by atoms with Crippen LogP contribution in [0.4, 0.5) is 17.2 Å². The quantitative estimate of drug-likeness (QED) is 0.214. The smallest absolute Gasteiger partial charge is 0.293 e. The first-order valence-corrected chi connectivity index (χ1v) is 14.0. The Hall–Kier alpha value is -4.27. The van der Waals surface area contributed by atoms with Gasteiger partial charge in [0, 0.05) is 48.8 Å². The van der Waals surface area contributed by atoms with Crippen molar-refractivity contribution in [3.63, 3.8) is 0 Å². The van der Waals surface area contributed by atoms with Crippen LogP contribution in [0.3, 0.4) is 0 Å². The number of nitrogens with zero attached hydrogens (tertiary/aromatic N) is 3. The number of hydrogen-bond donors (Lipinski definition) is 3. The molecular weight excluding hydrogens is 514 g/mol. The molecule has 1 heterocycles. The molecule has 8 heteroatoms. The van der Waals surface area contributed by atoms with E-state index in [-0.39, 0.29) is 23.9 Å². The average molecular weight is 554 g/mol. The molecule has 1 amide bonds. The van der Waals surface area contributed by atoms with Crippen LogP contribution >= 0.6 is 0 Å². The van der Waals surface area contributed by atoms with Crippen molar-refractivity contribution >= 4 is 23.1 Å². The summed E-state index contributed by atoms with van der Waals surface area (Å²) < 4.78 is 1.51. The van der Waals surface area contributed by atoms with Gasteiger partial charge >= 0.3 is 0 Å². The van der Waals surface area contributed by atoms with Crippen LogP contribution in [0.15, 0.2) is 77.7 Å². The van der Waals surface area contributed by atoms with Crippen molar-refractivity contribution in [2.45, 2.75) is 39.7 Å². The Labute approximate surface area is 241 Å². The topological polar surface area (TPSA) is 99.5 Å². The second kappa shape index (κ2) is 13.9. The summed E-state index contributed by atoms with van der Waals surface area (Å²) in [6.07, 6.45) is 4.66. The molecule has 41 heavy (non-hydrogen) atoms. The largest absolute Gasteiger partial charge is 0.395 e. The number of aryl methyl sites for hydroxylation is 2. The highest BCUT2D eigenvalue weighted by Crippen LogP contribution is 2.28. The van der Waals surface area contributed by atoms with E-state index >= 15 is 0 Å². The van der Waals surface area contributed by atoms with Crippen molar-refractivity contribution in [2.75, 3.05) is 30.8 Å². The molecule has 4 rings (SSSR count). The highest BCUT2D eigenvalue weighted by atomic mass is 16.3. The van der Waals surface area contributed by atoms with Crippen molar-refractivity contribution in [1.82, 2.24) is 14.5 Å². The SMILES string of the molecule is CCCCc1ccccc1C(=O)Nc1cccc(-c2cn(C)c(=O)c(Nc3ccc(CN(C)CCO)cc3)n2)c1C. The second-order valence-corrected chi connectivity index (χ2v) is 10.4. The summed E-state index contributed by atoms with van der Waals surface area (Å²) in [6, 6.07) is 21.2. The Kier molecular flexibility index (Phi) is 10.1. The summed E-state index contributed by atoms with van der Waals surface area (Å²) >= 11 is 0. The van der Waals surface area contributed by atoms with Crippen LogP contribution in [0, 0.1) is 6.92 Å². The van der Waals surface area contributed by atoms with Crippen LogP contribution in [0.2, 0.25) is 0 Å². The van der Waals surface area contributed by atoms with Crippen molar-refractivity contribution in [3.05, 3.63) is 106 Å². The molecule has 0 bridgehead atoms. The van der Waals surface area contributed by atoms with Crippen LogP contribution < -0.4 is 16.2 Å². The first kappa shape index (κ1) is 29.7. The Morgan fingerprint density at radius 2 is 1.80 bits per heavy atom. The summed E-state index contributed by atoms with van der Waals surface area (Å²) in [6.45, 7) is 5.52. The maximum atomic E-state index is 13.3. The summed E-state index contributed by atoms with van der Waals surface area (Å²) in [4.78, 5) is 32.9. The molecular formula is C33H39N5O3. The van der Waals surface area contributed by atoms with Crippen molar-refractivity contribution in [1.29, 1.82) is 0 Å². The molecule has 0 radical (unpaired) electrons. The predicted octanol–water partition coefficient (Wildman–Crippen LogP) is 5.52. The van der Waals surface area contributed by atoms with Crippen LogP contribution in [0.25, 0.3) is 11.3 Å². The minimum Gasteiger partial charge on any atom is -0.395 e. The van der Waals surface area contributed by atoms with E-state index in [2.05, 4.69) is 22.5 Å². The Morgan fingerprint density at radius 3 is 2.54 bits per heavy atom. The minimum absolute atomic E-state index is 0.114. The van der Waals surface area contributed by atoms with Crippen molar-refractivity contribution in [2.24, 2.45) is 7.05 Å². The van der Waals surface area contributed by atoms with Gasteiger partial charge in [0.2, 0.25) is 0 Å². The molecule has 0 aliphatic heterocycles. The standard InChI is InChI=1S/C33H39N5O3/c1-5-6-10-25-11-7-8-12-28(25)32(40)36-29-14-9-13-27(23(29)2)30-22-38(4)33(41)31(35-30)34-26-17-15-24(16-18-26)21-37(3)19-20-39/h7-9,11-18,22,39H,5-6,10,19-21H2,1-4H3,(H,34,35)(H,36,40). The van der Waals surface area contributed by atoms with Gasteiger partial charge in [-0.3, -0.25) is 14.5 Å². The lowest BCUT2D eigenvalue weighted by atomic mass is 10.0. The summed E-state index contributed by atoms with van der Waals surface area (Å²) in [7, 11) is 3.66. The lowest BCUT2D eigenvalue weighted by Crippen LogP contribution is -2.22. The number of carbonyl (C=O) groups is 1. The maximum absolute atomic E-state index is 13.3. The van der Waals surface area contributed by atoms with Gasteiger partial charge in [0.1, 0.15) is 0 Å². The van der Waals surface area contributed by atoms with E-state index in [9.17, 15) is 9.59 Å².